The Morgan fingerprint density at radius 2 is 1.86 bits per heavy atom. The molecule has 1 heterocycles. The molecule has 8 heteroatoms. The van der Waals surface area contributed by atoms with Gasteiger partial charge < -0.3 is 9.84 Å². The Labute approximate surface area is 170 Å². The highest BCUT2D eigenvalue weighted by Crippen LogP contribution is 2.36. The van der Waals surface area contributed by atoms with Crippen molar-refractivity contribution in [2.75, 3.05) is 12.0 Å². The zero-order valence-electron chi connectivity index (χ0n) is 15.0. The van der Waals surface area contributed by atoms with E-state index in [0.29, 0.717) is 26.0 Å². The third-order valence-electron chi connectivity index (χ3n) is 4.13. The number of rotatable bonds is 4. The highest BCUT2D eigenvalue weighted by molar-refractivity contribution is 8.27. The van der Waals surface area contributed by atoms with E-state index in [4.69, 9.17) is 12.2 Å². The lowest BCUT2D eigenvalue weighted by atomic mass is 10.1. The van der Waals surface area contributed by atoms with E-state index in [9.17, 15) is 19.5 Å². The minimum atomic E-state index is -1.06. The summed E-state index contributed by atoms with van der Waals surface area (Å²) in [6.07, 6.45) is 1.67. The van der Waals surface area contributed by atoms with Crippen LogP contribution < -0.4 is 4.90 Å². The summed E-state index contributed by atoms with van der Waals surface area (Å²) in [5.74, 6) is -1.83. The zero-order chi connectivity index (χ0) is 20.4. The molecule has 1 N–H and O–H groups in total. The summed E-state index contributed by atoms with van der Waals surface area (Å²) in [6, 6.07) is 11.4. The van der Waals surface area contributed by atoms with Crippen molar-refractivity contribution in [1.82, 2.24) is 0 Å². The normalized spacial score (nSPS) is 15.2. The minimum Gasteiger partial charge on any atom is -0.478 e. The number of benzene rings is 2. The van der Waals surface area contributed by atoms with Crippen molar-refractivity contribution in [1.29, 1.82) is 0 Å². The van der Waals surface area contributed by atoms with E-state index in [1.165, 1.54) is 18.1 Å². The highest BCUT2D eigenvalue weighted by Gasteiger charge is 2.33. The number of nitrogens with zero attached hydrogens (tertiary/aromatic N) is 1. The lowest BCUT2D eigenvalue weighted by molar-refractivity contribution is -0.113. The first kappa shape index (κ1) is 19.8. The molecule has 0 unspecified atom stereocenters. The Morgan fingerprint density at radius 1 is 1.18 bits per heavy atom. The summed E-state index contributed by atoms with van der Waals surface area (Å²) in [5, 5.41) is 9.31. The quantitative estimate of drug-likeness (QED) is 0.462. The number of hydrogen-bond donors (Lipinski definition) is 1. The smallest absolute Gasteiger partial charge is 0.337 e. The van der Waals surface area contributed by atoms with E-state index in [1.54, 1.807) is 49.4 Å². The lowest BCUT2D eigenvalue weighted by Gasteiger charge is -2.15. The van der Waals surface area contributed by atoms with Crippen LogP contribution in [0.3, 0.4) is 0 Å². The van der Waals surface area contributed by atoms with E-state index in [-0.39, 0.29) is 11.5 Å². The summed E-state index contributed by atoms with van der Waals surface area (Å²) in [4.78, 5) is 37.4. The fraction of sp³-hybridized carbons (Fsp3) is 0.100. The third kappa shape index (κ3) is 3.83. The number of aromatic carboxylic acids is 1. The Bertz CT molecular complexity index is 1030. The molecule has 0 aliphatic carbocycles. The topological polar surface area (TPSA) is 83.9 Å². The maximum atomic E-state index is 12.8. The number of hydrogen-bond acceptors (Lipinski definition) is 6. The number of esters is 1. The van der Waals surface area contributed by atoms with Gasteiger partial charge in [-0.05, 0) is 48.4 Å². The molecule has 0 atom stereocenters. The van der Waals surface area contributed by atoms with Crippen LogP contribution >= 0.6 is 24.0 Å². The van der Waals surface area contributed by atoms with Gasteiger partial charge in [-0.25, -0.2) is 9.59 Å². The predicted molar refractivity (Wildman–Crippen MR) is 112 cm³/mol. The van der Waals surface area contributed by atoms with Crippen LogP contribution in [-0.4, -0.2) is 34.4 Å². The summed E-state index contributed by atoms with van der Waals surface area (Å²) >= 11 is 6.46. The van der Waals surface area contributed by atoms with Gasteiger partial charge in [-0.3, -0.25) is 9.69 Å². The largest absolute Gasteiger partial charge is 0.478 e. The molecule has 0 saturated carbocycles. The Kier molecular flexibility index (Phi) is 5.62. The Balaban J connectivity index is 1.89. The van der Waals surface area contributed by atoms with Crippen LogP contribution in [0.15, 0.2) is 47.4 Å². The number of carbonyl (C=O) groups excluding carboxylic acids is 2. The first-order chi connectivity index (χ1) is 13.3. The molecule has 1 amide bonds. The zero-order valence-corrected chi connectivity index (χ0v) is 16.6. The van der Waals surface area contributed by atoms with Gasteiger partial charge in [-0.1, -0.05) is 42.2 Å². The molecular weight excluding hydrogens is 398 g/mol. The van der Waals surface area contributed by atoms with Crippen molar-refractivity contribution in [2.24, 2.45) is 0 Å². The van der Waals surface area contributed by atoms with Crippen LogP contribution in [0.25, 0.3) is 6.08 Å². The molecule has 1 aliphatic heterocycles. The number of thiocarbonyl (C=S) groups is 1. The minimum absolute atomic E-state index is 0.119. The van der Waals surface area contributed by atoms with Gasteiger partial charge in [0.1, 0.15) is 0 Å². The van der Waals surface area contributed by atoms with E-state index in [2.05, 4.69) is 4.74 Å². The SMILES string of the molecule is COC(=O)c1ccc(/C=C2\SC(=S)N(c3ccc(C)c(C(=O)O)c3)C2=O)cc1. The molecule has 0 aromatic heterocycles. The van der Waals surface area contributed by atoms with Crippen LogP contribution in [-0.2, 0) is 9.53 Å². The van der Waals surface area contributed by atoms with Crippen molar-refractivity contribution in [3.63, 3.8) is 0 Å². The van der Waals surface area contributed by atoms with Gasteiger partial charge >= 0.3 is 11.9 Å². The first-order valence-corrected chi connectivity index (χ1v) is 9.34. The molecule has 1 saturated heterocycles. The fourth-order valence-corrected chi connectivity index (χ4v) is 3.95. The van der Waals surface area contributed by atoms with Crippen LogP contribution in [0.5, 0.6) is 0 Å². The number of amides is 1. The van der Waals surface area contributed by atoms with Gasteiger partial charge in [0.05, 0.1) is 28.8 Å². The standard InChI is InChI=1S/C20H15NO5S2/c1-11-3-8-14(10-15(11)18(23)24)21-17(22)16(28-20(21)27)9-12-4-6-13(7-5-12)19(25)26-2/h3-10H,1-2H3,(H,23,24)/b16-9-. The average Bonchev–Trinajstić information content (AvgIpc) is 2.95. The van der Waals surface area contributed by atoms with Gasteiger partial charge in [-0.15, -0.1) is 0 Å². The predicted octanol–water partition coefficient (Wildman–Crippen LogP) is 3.89. The second-order valence-corrected chi connectivity index (χ2v) is 7.61. The lowest BCUT2D eigenvalue weighted by Crippen LogP contribution is -2.27. The number of aryl methyl sites for hydroxylation is 1. The van der Waals surface area contributed by atoms with Crippen LogP contribution in [0.4, 0.5) is 5.69 Å². The van der Waals surface area contributed by atoms with Crippen molar-refractivity contribution in [2.45, 2.75) is 6.92 Å². The summed E-state index contributed by atoms with van der Waals surface area (Å²) in [5.41, 5.74) is 2.27. The van der Waals surface area contributed by atoms with E-state index in [0.717, 1.165) is 17.3 Å². The first-order valence-electron chi connectivity index (χ1n) is 8.12. The maximum Gasteiger partial charge on any atom is 0.337 e. The molecule has 0 bridgehead atoms. The average molecular weight is 413 g/mol. The molecule has 1 fully saturated rings. The molecule has 2 aromatic carbocycles. The summed E-state index contributed by atoms with van der Waals surface area (Å²) in [6.45, 7) is 1.69. The summed E-state index contributed by atoms with van der Waals surface area (Å²) in [7, 11) is 1.31. The summed E-state index contributed by atoms with van der Waals surface area (Å²) < 4.78 is 4.98. The van der Waals surface area contributed by atoms with Crippen LogP contribution in [0.2, 0.25) is 0 Å². The molecule has 0 radical (unpaired) electrons. The molecule has 6 nitrogen and oxygen atoms in total. The van der Waals surface area contributed by atoms with Crippen molar-refractivity contribution in [3.05, 3.63) is 69.6 Å². The monoisotopic (exact) mass is 413 g/mol. The van der Waals surface area contributed by atoms with Gasteiger partial charge in [0, 0.05) is 0 Å². The van der Waals surface area contributed by atoms with Gasteiger partial charge in [0.2, 0.25) is 0 Å². The number of thioether (sulfide) groups is 1. The number of carboxylic acid groups (broad SMARTS) is 1. The molecular formula is C20H15NO5S2. The van der Waals surface area contributed by atoms with E-state index >= 15 is 0 Å². The van der Waals surface area contributed by atoms with E-state index in [1.807, 2.05) is 0 Å². The maximum absolute atomic E-state index is 12.8. The Morgan fingerprint density at radius 3 is 2.46 bits per heavy atom. The molecule has 0 spiro atoms. The van der Waals surface area contributed by atoms with Crippen molar-refractivity contribution in [3.8, 4) is 0 Å². The number of anilines is 1. The number of ether oxygens (including phenoxy) is 1. The number of methoxy groups -OCH3 is 1. The highest BCUT2D eigenvalue weighted by atomic mass is 32.2. The third-order valence-corrected chi connectivity index (χ3v) is 5.44. The molecule has 28 heavy (non-hydrogen) atoms. The van der Waals surface area contributed by atoms with Gasteiger partial charge in [0.15, 0.2) is 4.32 Å². The van der Waals surface area contributed by atoms with E-state index < -0.39 is 11.9 Å². The van der Waals surface area contributed by atoms with Crippen LogP contribution in [0, 0.1) is 6.92 Å². The van der Waals surface area contributed by atoms with Crippen LogP contribution in [0.1, 0.15) is 31.8 Å². The molecule has 3 rings (SSSR count). The molecule has 1 aliphatic rings. The van der Waals surface area contributed by atoms with Crippen molar-refractivity contribution >= 4 is 57.9 Å². The molecule has 2 aromatic rings. The molecule has 142 valence electrons. The van der Waals surface area contributed by atoms with Crippen molar-refractivity contribution < 1.29 is 24.2 Å². The van der Waals surface area contributed by atoms with Gasteiger partial charge in [-0.2, -0.15) is 0 Å². The second kappa shape index (κ2) is 7.95. The number of carboxylic acids is 1. The number of carbonyl (C=O) groups is 3. The second-order valence-electron chi connectivity index (χ2n) is 5.94. The fourth-order valence-electron chi connectivity index (χ4n) is 2.65. The Hall–Kier alpha value is -2.97. The van der Waals surface area contributed by atoms with Gasteiger partial charge in [0.25, 0.3) is 5.91 Å².